The third-order valence-electron chi connectivity index (χ3n) is 4.60. The number of carbonyl (C=O) groups excluding carboxylic acids is 2. The number of thiazole rings is 1. The number of hydrogen-bond acceptors (Lipinski definition) is 4. The van der Waals surface area contributed by atoms with E-state index in [2.05, 4.69) is 10.3 Å². The Labute approximate surface area is 175 Å². The molecule has 0 bridgehead atoms. The van der Waals surface area contributed by atoms with E-state index in [1.165, 1.54) is 11.3 Å². The largest absolute Gasteiger partial charge is 0.330 e. The Bertz CT molecular complexity index is 915. The molecule has 3 rings (SSSR count). The lowest BCUT2D eigenvalue weighted by Crippen LogP contribution is -2.44. The molecular weight excluding hydrogens is 382 g/mol. The summed E-state index contributed by atoms with van der Waals surface area (Å²) in [5.74, 6) is -0.807. The summed E-state index contributed by atoms with van der Waals surface area (Å²) in [5.41, 5.74) is 1.82. The monoisotopic (exact) mass is 407 g/mol. The number of amides is 2. The summed E-state index contributed by atoms with van der Waals surface area (Å²) in [6.45, 7) is 5.75. The first kappa shape index (κ1) is 20.7. The van der Waals surface area contributed by atoms with E-state index in [4.69, 9.17) is 0 Å². The number of anilines is 1. The molecule has 0 aliphatic heterocycles. The normalized spacial score (nSPS) is 10.9. The highest BCUT2D eigenvalue weighted by Crippen LogP contribution is 2.27. The SMILES string of the molecule is Cc1cnc(NC(=O)CN(C(=O)C(c2ccccc2)c2ccccc2)C(C)C)s1. The predicted molar refractivity (Wildman–Crippen MR) is 117 cm³/mol. The Kier molecular flexibility index (Phi) is 6.77. The van der Waals surface area contributed by atoms with Crippen LogP contribution in [0.15, 0.2) is 66.9 Å². The second-order valence-corrected chi connectivity index (χ2v) is 8.37. The molecule has 0 aliphatic rings. The first-order chi connectivity index (χ1) is 14.0. The number of nitrogens with one attached hydrogen (secondary N) is 1. The molecule has 0 spiro atoms. The van der Waals surface area contributed by atoms with Gasteiger partial charge in [0.25, 0.3) is 0 Å². The minimum atomic E-state index is -0.463. The summed E-state index contributed by atoms with van der Waals surface area (Å²) >= 11 is 1.41. The van der Waals surface area contributed by atoms with Crippen LogP contribution in [0.25, 0.3) is 0 Å². The highest BCUT2D eigenvalue weighted by atomic mass is 32.1. The third-order valence-corrected chi connectivity index (χ3v) is 5.43. The number of benzene rings is 2. The standard InChI is InChI=1S/C23H25N3O2S/c1-16(2)26(15-20(27)25-23-24-14-17(3)29-23)22(28)21(18-10-6-4-7-11-18)19-12-8-5-9-13-19/h4-14,16,21H,15H2,1-3H3,(H,24,25,27). The van der Waals surface area contributed by atoms with Gasteiger partial charge in [0.1, 0.15) is 6.54 Å². The predicted octanol–water partition coefficient (Wildman–Crippen LogP) is 4.46. The molecule has 0 atom stereocenters. The van der Waals surface area contributed by atoms with E-state index >= 15 is 0 Å². The van der Waals surface area contributed by atoms with Crippen LogP contribution in [0.5, 0.6) is 0 Å². The van der Waals surface area contributed by atoms with E-state index < -0.39 is 5.92 Å². The number of aromatic nitrogens is 1. The molecule has 2 aromatic carbocycles. The van der Waals surface area contributed by atoms with Crippen molar-refractivity contribution in [1.29, 1.82) is 0 Å². The smallest absolute Gasteiger partial charge is 0.245 e. The molecule has 2 amide bonds. The van der Waals surface area contributed by atoms with Crippen molar-refractivity contribution in [2.24, 2.45) is 0 Å². The third kappa shape index (κ3) is 5.29. The lowest BCUT2D eigenvalue weighted by molar-refractivity contribution is -0.137. The van der Waals surface area contributed by atoms with Crippen molar-refractivity contribution in [3.8, 4) is 0 Å². The molecule has 0 unspecified atom stereocenters. The van der Waals surface area contributed by atoms with E-state index in [0.717, 1.165) is 16.0 Å². The van der Waals surface area contributed by atoms with Crippen LogP contribution in [0.2, 0.25) is 0 Å². The number of aryl methyl sites for hydroxylation is 1. The molecule has 0 aliphatic carbocycles. The second kappa shape index (κ2) is 9.47. The maximum atomic E-state index is 13.6. The van der Waals surface area contributed by atoms with Crippen LogP contribution in [0.1, 0.15) is 35.8 Å². The molecule has 1 N–H and O–H groups in total. The van der Waals surface area contributed by atoms with E-state index in [-0.39, 0.29) is 24.4 Å². The van der Waals surface area contributed by atoms with Crippen LogP contribution in [0.3, 0.4) is 0 Å². The summed E-state index contributed by atoms with van der Waals surface area (Å²) in [5, 5.41) is 3.34. The molecule has 3 aromatic rings. The molecule has 1 heterocycles. The van der Waals surface area contributed by atoms with E-state index in [9.17, 15) is 9.59 Å². The molecule has 0 radical (unpaired) electrons. The van der Waals surface area contributed by atoms with Crippen LogP contribution < -0.4 is 5.32 Å². The van der Waals surface area contributed by atoms with Gasteiger partial charge in [0.05, 0.1) is 5.92 Å². The first-order valence-electron chi connectivity index (χ1n) is 9.58. The number of nitrogens with zero attached hydrogens (tertiary/aromatic N) is 2. The Morgan fingerprint density at radius 3 is 2.00 bits per heavy atom. The highest BCUT2D eigenvalue weighted by Gasteiger charge is 2.30. The fourth-order valence-electron chi connectivity index (χ4n) is 3.18. The Morgan fingerprint density at radius 2 is 1.55 bits per heavy atom. The number of carbonyl (C=O) groups is 2. The summed E-state index contributed by atoms with van der Waals surface area (Å²) in [6.07, 6.45) is 1.71. The molecular formula is C23H25N3O2S. The summed E-state index contributed by atoms with van der Waals surface area (Å²) in [4.78, 5) is 33.0. The van der Waals surface area contributed by atoms with Gasteiger partial charge in [0.15, 0.2) is 5.13 Å². The Morgan fingerprint density at radius 1 is 1.00 bits per heavy atom. The molecule has 5 nitrogen and oxygen atoms in total. The Hall–Kier alpha value is -2.99. The number of hydrogen-bond donors (Lipinski definition) is 1. The van der Waals surface area contributed by atoms with Gasteiger partial charge in [0.2, 0.25) is 11.8 Å². The Balaban J connectivity index is 1.85. The molecule has 29 heavy (non-hydrogen) atoms. The average molecular weight is 408 g/mol. The van der Waals surface area contributed by atoms with Gasteiger partial charge in [-0.2, -0.15) is 0 Å². The quantitative estimate of drug-likeness (QED) is 0.629. The van der Waals surface area contributed by atoms with Crippen LogP contribution in [0, 0.1) is 6.92 Å². The molecule has 6 heteroatoms. The second-order valence-electron chi connectivity index (χ2n) is 7.14. The van der Waals surface area contributed by atoms with Crippen molar-refractivity contribution in [3.63, 3.8) is 0 Å². The van der Waals surface area contributed by atoms with Crippen molar-refractivity contribution < 1.29 is 9.59 Å². The zero-order chi connectivity index (χ0) is 20.8. The zero-order valence-electron chi connectivity index (χ0n) is 16.8. The first-order valence-corrected chi connectivity index (χ1v) is 10.4. The van der Waals surface area contributed by atoms with Gasteiger partial charge in [-0.3, -0.25) is 9.59 Å². The van der Waals surface area contributed by atoms with Crippen LogP contribution >= 0.6 is 11.3 Å². The summed E-state index contributed by atoms with van der Waals surface area (Å²) < 4.78 is 0. The highest BCUT2D eigenvalue weighted by molar-refractivity contribution is 7.15. The summed E-state index contributed by atoms with van der Waals surface area (Å²) in [7, 11) is 0. The molecule has 150 valence electrons. The van der Waals surface area contributed by atoms with Crippen LogP contribution in [-0.4, -0.2) is 34.3 Å². The number of rotatable bonds is 7. The van der Waals surface area contributed by atoms with Crippen molar-refractivity contribution in [3.05, 3.63) is 82.9 Å². The van der Waals surface area contributed by atoms with E-state index in [1.54, 1.807) is 11.1 Å². The fourth-order valence-corrected chi connectivity index (χ4v) is 3.86. The lowest BCUT2D eigenvalue weighted by Gasteiger charge is -2.30. The zero-order valence-corrected chi connectivity index (χ0v) is 17.6. The van der Waals surface area contributed by atoms with Gasteiger partial charge >= 0.3 is 0 Å². The molecule has 0 saturated carbocycles. The van der Waals surface area contributed by atoms with E-state index in [0.29, 0.717) is 5.13 Å². The summed E-state index contributed by atoms with van der Waals surface area (Å²) in [6, 6.07) is 19.2. The van der Waals surface area contributed by atoms with Crippen LogP contribution in [-0.2, 0) is 9.59 Å². The van der Waals surface area contributed by atoms with Gasteiger partial charge in [-0.05, 0) is 31.9 Å². The maximum Gasteiger partial charge on any atom is 0.245 e. The molecule has 0 fully saturated rings. The van der Waals surface area contributed by atoms with Crippen molar-refractivity contribution in [1.82, 2.24) is 9.88 Å². The lowest BCUT2D eigenvalue weighted by atomic mass is 9.89. The molecule has 0 saturated heterocycles. The van der Waals surface area contributed by atoms with Gasteiger partial charge in [0, 0.05) is 17.1 Å². The van der Waals surface area contributed by atoms with Crippen molar-refractivity contribution in [2.45, 2.75) is 32.7 Å². The fraction of sp³-hybridized carbons (Fsp3) is 0.261. The average Bonchev–Trinajstić information content (AvgIpc) is 3.12. The maximum absolute atomic E-state index is 13.6. The van der Waals surface area contributed by atoms with E-state index in [1.807, 2.05) is 81.4 Å². The molecule has 1 aromatic heterocycles. The van der Waals surface area contributed by atoms with Crippen LogP contribution in [0.4, 0.5) is 5.13 Å². The topological polar surface area (TPSA) is 62.3 Å². The van der Waals surface area contributed by atoms with Crippen molar-refractivity contribution in [2.75, 3.05) is 11.9 Å². The minimum absolute atomic E-state index is 0.0225. The van der Waals surface area contributed by atoms with Gasteiger partial charge < -0.3 is 10.2 Å². The minimum Gasteiger partial charge on any atom is -0.330 e. The van der Waals surface area contributed by atoms with Gasteiger partial charge in [-0.15, -0.1) is 11.3 Å². The van der Waals surface area contributed by atoms with Gasteiger partial charge in [-0.25, -0.2) is 4.98 Å². The van der Waals surface area contributed by atoms with Gasteiger partial charge in [-0.1, -0.05) is 60.7 Å². The van der Waals surface area contributed by atoms with Crippen molar-refractivity contribution >= 4 is 28.3 Å².